The second-order valence-corrected chi connectivity index (χ2v) is 5.33. The van der Waals surface area contributed by atoms with Crippen LogP contribution in [0.5, 0.6) is 0 Å². The normalized spacial score (nSPS) is 17.0. The Morgan fingerprint density at radius 2 is 1.53 bits per heavy atom. The molecule has 0 aliphatic heterocycles. The van der Waals surface area contributed by atoms with Gasteiger partial charge in [0.25, 0.3) is 0 Å². The molecular weight excluding hydrogens is 246 g/mol. The van der Waals surface area contributed by atoms with E-state index in [1.807, 2.05) is 0 Å². The SMILES string of the molecule is OCc1cc(F)cc(S(F)(F)(F)(F)F)c1. The lowest BCUT2D eigenvalue weighted by molar-refractivity contribution is 0.280. The van der Waals surface area contributed by atoms with E-state index in [-0.39, 0.29) is 12.1 Å². The molecule has 0 atom stereocenters. The van der Waals surface area contributed by atoms with Crippen LogP contribution in [0.3, 0.4) is 0 Å². The Hall–Kier alpha value is -0.890. The van der Waals surface area contributed by atoms with Gasteiger partial charge in [-0.3, -0.25) is 0 Å². The van der Waals surface area contributed by atoms with Crippen molar-refractivity contribution in [3.8, 4) is 0 Å². The van der Waals surface area contributed by atoms with Gasteiger partial charge in [0.2, 0.25) is 0 Å². The van der Waals surface area contributed by atoms with Crippen LogP contribution in [0.2, 0.25) is 0 Å². The molecule has 88 valence electrons. The fraction of sp³-hybridized carbons (Fsp3) is 0.143. The van der Waals surface area contributed by atoms with E-state index in [4.69, 9.17) is 5.11 Å². The molecule has 0 saturated carbocycles. The molecular formula is C7H6F6OS. The van der Waals surface area contributed by atoms with Crippen molar-refractivity contribution in [2.45, 2.75) is 11.5 Å². The number of hydrogen-bond donors (Lipinski definition) is 1. The van der Waals surface area contributed by atoms with Crippen LogP contribution >= 0.6 is 10.2 Å². The minimum Gasteiger partial charge on any atom is -0.392 e. The van der Waals surface area contributed by atoms with Crippen molar-refractivity contribution >= 4 is 10.2 Å². The van der Waals surface area contributed by atoms with E-state index in [1.165, 1.54) is 0 Å². The lowest BCUT2D eigenvalue weighted by Gasteiger charge is -2.40. The summed E-state index contributed by atoms with van der Waals surface area (Å²) >= 11 is 0. The van der Waals surface area contributed by atoms with Crippen molar-refractivity contribution in [2.24, 2.45) is 0 Å². The van der Waals surface area contributed by atoms with Crippen molar-refractivity contribution in [1.82, 2.24) is 0 Å². The van der Waals surface area contributed by atoms with Crippen LogP contribution in [0.1, 0.15) is 5.56 Å². The van der Waals surface area contributed by atoms with Crippen LogP contribution in [0, 0.1) is 5.82 Å². The Bertz CT molecular complexity index is 397. The predicted molar refractivity (Wildman–Crippen MR) is 43.7 cm³/mol. The fourth-order valence-corrected chi connectivity index (χ4v) is 1.64. The minimum absolute atomic E-state index is 0.0324. The third-order valence-electron chi connectivity index (χ3n) is 1.56. The van der Waals surface area contributed by atoms with E-state index in [0.29, 0.717) is 6.07 Å². The molecule has 1 rings (SSSR count). The molecule has 0 aliphatic carbocycles. The van der Waals surface area contributed by atoms with Gasteiger partial charge in [-0.25, -0.2) is 4.39 Å². The van der Waals surface area contributed by atoms with Gasteiger partial charge in [-0.1, -0.05) is 19.4 Å². The molecule has 0 radical (unpaired) electrons. The van der Waals surface area contributed by atoms with Crippen molar-refractivity contribution in [1.29, 1.82) is 0 Å². The summed E-state index contributed by atoms with van der Waals surface area (Å²) in [4.78, 5) is -2.33. The third kappa shape index (κ3) is 3.03. The molecule has 0 heterocycles. The first-order valence-electron chi connectivity index (χ1n) is 3.57. The van der Waals surface area contributed by atoms with Gasteiger partial charge < -0.3 is 5.11 Å². The minimum atomic E-state index is -9.87. The highest BCUT2D eigenvalue weighted by Gasteiger charge is 2.65. The molecule has 8 heteroatoms. The average molecular weight is 252 g/mol. The maximum absolute atomic E-state index is 12.6. The standard InChI is InChI=1S/C7H6F6OS/c8-6-1-5(4-14)2-7(3-6)15(9,10,11,12)13/h1-3,14H,4H2. The van der Waals surface area contributed by atoms with Crippen LogP contribution in [-0.4, -0.2) is 5.11 Å². The van der Waals surface area contributed by atoms with Crippen LogP contribution in [0.4, 0.5) is 23.8 Å². The van der Waals surface area contributed by atoms with Crippen molar-refractivity contribution < 1.29 is 28.9 Å². The topological polar surface area (TPSA) is 20.2 Å². The number of halogens is 6. The number of benzene rings is 1. The van der Waals surface area contributed by atoms with Gasteiger partial charge in [0.05, 0.1) is 6.61 Å². The quantitative estimate of drug-likeness (QED) is 0.789. The molecule has 1 N–H and O–H groups in total. The Labute approximate surface area is 81.1 Å². The molecule has 0 saturated heterocycles. The van der Waals surface area contributed by atoms with E-state index < -0.39 is 33.1 Å². The van der Waals surface area contributed by atoms with Crippen LogP contribution < -0.4 is 0 Å². The first-order chi connectivity index (χ1) is 6.42. The van der Waals surface area contributed by atoms with Crippen LogP contribution in [0.25, 0.3) is 0 Å². The van der Waals surface area contributed by atoms with Gasteiger partial charge in [0.15, 0.2) is 0 Å². The summed E-state index contributed by atoms with van der Waals surface area (Å²) in [6.45, 7) is -0.946. The molecule has 0 spiro atoms. The number of hydrogen-bond acceptors (Lipinski definition) is 1. The van der Waals surface area contributed by atoms with E-state index in [1.54, 1.807) is 0 Å². The van der Waals surface area contributed by atoms with E-state index in [9.17, 15) is 23.8 Å². The van der Waals surface area contributed by atoms with Gasteiger partial charge in [-0.05, 0) is 23.8 Å². The predicted octanol–water partition coefficient (Wildman–Crippen LogP) is 3.98. The number of aliphatic hydroxyl groups is 1. The highest BCUT2D eigenvalue weighted by atomic mass is 32.5. The summed E-state index contributed by atoms with van der Waals surface area (Å²) in [5, 5.41) is 8.45. The molecule has 0 amide bonds. The summed E-state index contributed by atoms with van der Waals surface area (Å²) in [5.74, 6) is -1.47. The van der Waals surface area contributed by atoms with Gasteiger partial charge in [0.1, 0.15) is 10.7 Å². The second-order valence-electron chi connectivity index (χ2n) is 2.92. The number of aliphatic hydroxyl groups excluding tert-OH is 1. The highest BCUT2D eigenvalue weighted by molar-refractivity contribution is 8.45. The zero-order valence-electron chi connectivity index (χ0n) is 7.06. The van der Waals surface area contributed by atoms with E-state index in [0.717, 1.165) is 0 Å². The van der Waals surface area contributed by atoms with Crippen molar-refractivity contribution in [3.63, 3.8) is 0 Å². The molecule has 0 fully saturated rings. The maximum atomic E-state index is 12.6. The maximum Gasteiger partial charge on any atom is 0.310 e. The molecule has 1 aromatic rings. The summed E-state index contributed by atoms with van der Waals surface area (Å²) in [6, 6.07) is 0.290. The van der Waals surface area contributed by atoms with Crippen molar-refractivity contribution in [2.75, 3.05) is 0 Å². The molecule has 1 aromatic carbocycles. The lowest BCUT2D eigenvalue weighted by Crippen LogP contribution is -2.07. The molecule has 0 aliphatic rings. The molecule has 0 aromatic heterocycles. The van der Waals surface area contributed by atoms with Crippen molar-refractivity contribution in [3.05, 3.63) is 29.6 Å². The van der Waals surface area contributed by atoms with Gasteiger partial charge in [-0.15, -0.1) is 0 Å². The molecule has 0 bridgehead atoms. The van der Waals surface area contributed by atoms with E-state index >= 15 is 0 Å². The zero-order chi connectivity index (χ0) is 12.0. The smallest absolute Gasteiger partial charge is 0.310 e. The first-order valence-corrected chi connectivity index (χ1v) is 5.52. The Morgan fingerprint density at radius 3 is 1.93 bits per heavy atom. The first kappa shape index (κ1) is 12.2. The van der Waals surface area contributed by atoms with Crippen LogP contribution in [0.15, 0.2) is 23.1 Å². The number of rotatable bonds is 2. The van der Waals surface area contributed by atoms with Gasteiger partial charge in [-0.2, -0.15) is 0 Å². The summed E-state index contributed by atoms with van der Waals surface area (Å²) in [6.07, 6.45) is 0. The largest absolute Gasteiger partial charge is 0.392 e. The lowest BCUT2D eigenvalue weighted by atomic mass is 10.2. The monoisotopic (exact) mass is 252 g/mol. The Morgan fingerprint density at radius 1 is 1.00 bits per heavy atom. The zero-order valence-corrected chi connectivity index (χ0v) is 7.88. The van der Waals surface area contributed by atoms with Gasteiger partial charge in [0, 0.05) is 0 Å². The third-order valence-corrected chi connectivity index (χ3v) is 2.69. The van der Waals surface area contributed by atoms with Gasteiger partial charge >= 0.3 is 10.2 Å². The Kier molecular flexibility index (Phi) is 2.12. The summed E-state index contributed by atoms with van der Waals surface area (Å²) < 4.78 is 73.5. The second kappa shape index (κ2) is 2.62. The summed E-state index contributed by atoms with van der Waals surface area (Å²) in [7, 11) is -9.87. The molecule has 0 unspecified atom stereocenters. The van der Waals surface area contributed by atoms with Crippen LogP contribution in [-0.2, 0) is 6.61 Å². The summed E-state index contributed by atoms with van der Waals surface area (Å²) in [5.41, 5.74) is -0.557. The molecule has 15 heavy (non-hydrogen) atoms. The highest BCUT2D eigenvalue weighted by Crippen LogP contribution is 3.02. The molecule has 1 nitrogen and oxygen atoms in total. The average Bonchev–Trinajstić information content (AvgIpc) is 1.99. The fourth-order valence-electron chi connectivity index (χ4n) is 0.935. The van der Waals surface area contributed by atoms with E-state index in [2.05, 4.69) is 0 Å². The Balaban J connectivity index is 3.47.